The predicted molar refractivity (Wildman–Crippen MR) is 60.3 cm³/mol. The van der Waals surface area contributed by atoms with Gasteiger partial charge in [-0.3, -0.25) is 0 Å². The lowest BCUT2D eigenvalue weighted by molar-refractivity contribution is 0.480. The fourth-order valence-electron chi connectivity index (χ4n) is 1.30. The van der Waals surface area contributed by atoms with E-state index in [2.05, 4.69) is 12.6 Å². The first kappa shape index (κ1) is 9.19. The normalized spacial score (nSPS) is 10.9. The van der Waals surface area contributed by atoms with E-state index in [1.807, 2.05) is 18.2 Å². The Hall–Kier alpha value is -0.380. The van der Waals surface area contributed by atoms with E-state index >= 15 is 0 Å². The van der Waals surface area contributed by atoms with Gasteiger partial charge in [0, 0.05) is 16.0 Å². The molecule has 68 valence electrons. The van der Waals surface area contributed by atoms with E-state index < -0.39 is 0 Å². The van der Waals surface area contributed by atoms with E-state index in [4.69, 9.17) is 11.6 Å². The summed E-state index contributed by atoms with van der Waals surface area (Å²) in [6, 6.07) is 5.83. The van der Waals surface area contributed by atoms with Crippen LogP contribution >= 0.6 is 35.6 Å². The predicted octanol–water partition coefficient (Wildman–Crippen LogP) is 3.63. The van der Waals surface area contributed by atoms with Crippen molar-refractivity contribution in [1.82, 2.24) is 0 Å². The molecule has 0 unspecified atom stereocenters. The van der Waals surface area contributed by atoms with Crippen molar-refractivity contribution in [3.63, 3.8) is 0 Å². The molecule has 0 radical (unpaired) electrons. The second-order valence-corrected chi connectivity index (χ2v) is 4.42. The molecule has 13 heavy (non-hydrogen) atoms. The Morgan fingerprint density at radius 2 is 2.23 bits per heavy atom. The van der Waals surface area contributed by atoms with Crippen LogP contribution in [0.2, 0.25) is 0 Å². The summed E-state index contributed by atoms with van der Waals surface area (Å²) in [7, 11) is 0. The zero-order valence-electron chi connectivity index (χ0n) is 6.62. The Bertz CT molecular complexity index is 450. The van der Waals surface area contributed by atoms with Crippen LogP contribution in [0, 0.1) is 0 Å². The number of rotatable bonds is 1. The van der Waals surface area contributed by atoms with Crippen molar-refractivity contribution in [2.75, 3.05) is 0 Å². The zero-order valence-corrected chi connectivity index (χ0v) is 9.09. The van der Waals surface area contributed by atoms with Gasteiger partial charge in [-0.05, 0) is 11.6 Å². The minimum atomic E-state index is 0.260. The molecule has 0 aliphatic carbocycles. The van der Waals surface area contributed by atoms with Crippen molar-refractivity contribution in [3.05, 3.63) is 23.8 Å². The highest BCUT2D eigenvalue weighted by Gasteiger charge is 2.10. The standard InChI is InChI=1S/C9H7ClOS2/c10-4-5-2-1-3-6-7(5)8(12)9(11)13-6/h1-3,11-12H,4H2. The van der Waals surface area contributed by atoms with Crippen LogP contribution in [0.25, 0.3) is 10.1 Å². The molecule has 1 N–H and O–H groups in total. The van der Waals surface area contributed by atoms with Crippen LogP contribution in [0.1, 0.15) is 5.56 Å². The third-order valence-electron chi connectivity index (χ3n) is 1.90. The number of thiol groups is 1. The minimum absolute atomic E-state index is 0.260. The van der Waals surface area contributed by atoms with Gasteiger partial charge < -0.3 is 5.11 Å². The smallest absolute Gasteiger partial charge is 0.186 e. The maximum absolute atomic E-state index is 9.46. The third kappa shape index (κ3) is 1.41. The summed E-state index contributed by atoms with van der Waals surface area (Å²) < 4.78 is 1.03. The molecule has 0 aliphatic rings. The molecule has 1 aromatic heterocycles. The maximum Gasteiger partial charge on any atom is 0.186 e. The number of hydrogen-bond donors (Lipinski definition) is 2. The lowest BCUT2D eigenvalue weighted by Crippen LogP contribution is -1.77. The highest BCUT2D eigenvalue weighted by Crippen LogP contribution is 2.41. The molecule has 4 heteroatoms. The molecule has 0 atom stereocenters. The topological polar surface area (TPSA) is 20.2 Å². The first-order valence-electron chi connectivity index (χ1n) is 3.72. The quantitative estimate of drug-likeness (QED) is 0.566. The average Bonchev–Trinajstić information content (AvgIpc) is 2.43. The largest absolute Gasteiger partial charge is 0.499 e. The Morgan fingerprint density at radius 1 is 1.46 bits per heavy atom. The summed E-state index contributed by atoms with van der Waals surface area (Å²) in [5.41, 5.74) is 1.01. The van der Waals surface area contributed by atoms with Crippen LogP contribution in [-0.4, -0.2) is 5.11 Å². The molecule has 1 nitrogen and oxygen atoms in total. The van der Waals surface area contributed by atoms with Crippen LogP contribution in [0.3, 0.4) is 0 Å². The second kappa shape index (κ2) is 3.40. The molecule has 0 saturated heterocycles. The summed E-state index contributed by atoms with van der Waals surface area (Å²) in [4.78, 5) is 0.635. The van der Waals surface area contributed by atoms with Crippen LogP contribution in [0.4, 0.5) is 0 Å². The molecule has 2 rings (SSSR count). The minimum Gasteiger partial charge on any atom is -0.499 e. The molecular weight excluding hydrogens is 224 g/mol. The third-order valence-corrected chi connectivity index (χ3v) is 3.73. The van der Waals surface area contributed by atoms with Crippen molar-refractivity contribution in [3.8, 4) is 5.06 Å². The van der Waals surface area contributed by atoms with Gasteiger partial charge in [0.15, 0.2) is 5.06 Å². The fourth-order valence-corrected chi connectivity index (χ4v) is 2.89. The number of aromatic hydroxyl groups is 1. The lowest BCUT2D eigenvalue weighted by Gasteiger charge is -1.97. The van der Waals surface area contributed by atoms with Crippen LogP contribution in [0.15, 0.2) is 23.1 Å². The molecule has 2 aromatic rings. The van der Waals surface area contributed by atoms with Crippen molar-refractivity contribution >= 4 is 45.7 Å². The summed E-state index contributed by atoms with van der Waals surface area (Å²) >= 11 is 11.3. The lowest BCUT2D eigenvalue weighted by atomic mass is 10.1. The van der Waals surface area contributed by atoms with Crippen LogP contribution in [0.5, 0.6) is 5.06 Å². The molecule has 0 amide bonds. The monoisotopic (exact) mass is 230 g/mol. The van der Waals surface area contributed by atoms with Gasteiger partial charge in [0.1, 0.15) is 0 Å². The Labute approximate surface area is 90.4 Å². The molecule has 1 aromatic carbocycles. The van der Waals surface area contributed by atoms with Crippen molar-refractivity contribution in [1.29, 1.82) is 0 Å². The van der Waals surface area contributed by atoms with Gasteiger partial charge in [-0.1, -0.05) is 23.5 Å². The van der Waals surface area contributed by atoms with E-state index in [1.54, 1.807) is 0 Å². The summed E-state index contributed by atoms with van der Waals surface area (Å²) in [5, 5.41) is 10.7. The van der Waals surface area contributed by atoms with Crippen molar-refractivity contribution in [2.24, 2.45) is 0 Å². The van der Waals surface area contributed by atoms with Gasteiger partial charge in [-0.2, -0.15) is 0 Å². The highest BCUT2D eigenvalue weighted by molar-refractivity contribution is 7.81. The van der Waals surface area contributed by atoms with E-state index in [9.17, 15) is 5.11 Å². The zero-order chi connectivity index (χ0) is 9.42. The molecule has 0 saturated carbocycles. The van der Waals surface area contributed by atoms with Gasteiger partial charge in [-0.15, -0.1) is 24.2 Å². The van der Waals surface area contributed by atoms with Crippen LogP contribution < -0.4 is 0 Å². The average molecular weight is 231 g/mol. The molecule has 0 fully saturated rings. The first-order valence-corrected chi connectivity index (χ1v) is 5.52. The number of thiophene rings is 1. The first-order chi connectivity index (χ1) is 6.24. The van der Waals surface area contributed by atoms with E-state index in [0.29, 0.717) is 10.8 Å². The number of fused-ring (bicyclic) bond motifs is 1. The summed E-state index contributed by atoms with van der Waals surface area (Å²) in [5.74, 6) is 0.446. The molecule has 1 heterocycles. The maximum atomic E-state index is 9.46. The van der Waals surface area contributed by atoms with Crippen LogP contribution in [-0.2, 0) is 5.88 Å². The fraction of sp³-hybridized carbons (Fsp3) is 0.111. The SMILES string of the molecule is Oc1sc2cccc(CCl)c2c1S. The Morgan fingerprint density at radius 3 is 2.92 bits per heavy atom. The summed E-state index contributed by atoms with van der Waals surface area (Å²) in [6.07, 6.45) is 0. The number of hydrogen-bond acceptors (Lipinski definition) is 3. The van der Waals surface area contributed by atoms with E-state index in [1.165, 1.54) is 11.3 Å². The van der Waals surface area contributed by atoms with Gasteiger partial charge in [0.2, 0.25) is 0 Å². The number of alkyl halides is 1. The van der Waals surface area contributed by atoms with E-state index in [-0.39, 0.29) is 5.06 Å². The van der Waals surface area contributed by atoms with Gasteiger partial charge >= 0.3 is 0 Å². The van der Waals surface area contributed by atoms with Crippen molar-refractivity contribution in [2.45, 2.75) is 10.8 Å². The molecular formula is C9H7ClOS2. The Balaban J connectivity index is 2.87. The molecule has 0 aliphatic heterocycles. The summed E-state index contributed by atoms with van der Waals surface area (Å²) in [6.45, 7) is 0. The van der Waals surface area contributed by atoms with Gasteiger partial charge in [-0.25, -0.2) is 0 Å². The van der Waals surface area contributed by atoms with Gasteiger partial charge in [0.05, 0.1) is 4.90 Å². The second-order valence-electron chi connectivity index (χ2n) is 2.68. The number of halogens is 1. The molecule has 0 spiro atoms. The Kier molecular flexibility index (Phi) is 2.41. The highest BCUT2D eigenvalue weighted by atomic mass is 35.5. The van der Waals surface area contributed by atoms with Crippen molar-refractivity contribution < 1.29 is 5.11 Å². The number of benzene rings is 1. The molecule has 0 bridgehead atoms. The van der Waals surface area contributed by atoms with Gasteiger partial charge in [0.25, 0.3) is 0 Å². The van der Waals surface area contributed by atoms with E-state index in [0.717, 1.165) is 15.6 Å².